The first-order valence-corrected chi connectivity index (χ1v) is 9.09. The summed E-state index contributed by atoms with van der Waals surface area (Å²) in [5, 5.41) is 0. The van der Waals surface area contributed by atoms with E-state index in [4.69, 9.17) is 11.5 Å². The second-order valence-electron chi connectivity index (χ2n) is 6.76. The molecule has 3 heterocycles. The van der Waals surface area contributed by atoms with Crippen LogP contribution in [0.5, 0.6) is 0 Å². The Bertz CT molecular complexity index is 994. The summed E-state index contributed by atoms with van der Waals surface area (Å²) < 4.78 is 77.8. The third-order valence-electron chi connectivity index (χ3n) is 4.66. The minimum absolute atomic E-state index is 0.0297. The van der Waals surface area contributed by atoms with Crippen LogP contribution in [0.4, 0.5) is 37.8 Å². The zero-order chi connectivity index (χ0) is 22.8. The van der Waals surface area contributed by atoms with Crippen molar-refractivity contribution in [2.24, 2.45) is 16.5 Å². The van der Waals surface area contributed by atoms with Crippen LogP contribution in [0.2, 0.25) is 0 Å². The van der Waals surface area contributed by atoms with Crippen LogP contribution in [0, 0.1) is 0 Å². The number of hydrogen-bond acceptors (Lipinski definition) is 5. The topological polar surface area (TPSA) is 93.4 Å². The Morgan fingerprint density at radius 3 is 2.29 bits per heavy atom. The molecule has 0 aliphatic carbocycles. The van der Waals surface area contributed by atoms with Crippen LogP contribution in [0.3, 0.4) is 0 Å². The molecule has 0 saturated heterocycles. The van der Waals surface area contributed by atoms with Gasteiger partial charge in [-0.1, -0.05) is 0 Å². The lowest BCUT2D eigenvalue weighted by atomic mass is 10.1. The molecule has 0 amide bonds. The van der Waals surface area contributed by atoms with E-state index in [2.05, 4.69) is 15.0 Å². The van der Waals surface area contributed by atoms with E-state index in [1.54, 1.807) is 0 Å². The maximum absolute atomic E-state index is 13.3. The Labute approximate surface area is 173 Å². The average molecular weight is 444 g/mol. The molecule has 6 nitrogen and oxygen atoms in total. The largest absolute Gasteiger partial charge is 0.433 e. The van der Waals surface area contributed by atoms with E-state index in [0.29, 0.717) is 11.3 Å². The number of amidine groups is 1. The van der Waals surface area contributed by atoms with Crippen molar-refractivity contribution in [3.63, 3.8) is 0 Å². The molecular weight excluding hydrogens is 426 g/mol. The minimum Gasteiger partial charge on any atom is -0.402 e. The molecular formula is C19H18F6N6. The van der Waals surface area contributed by atoms with Gasteiger partial charge in [-0.2, -0.15) is 26.3 Å². The Hall–Kier alpha value is -3.31. The molecule has 31 heavy (non-hydrogen) atoms. The molecule has 0 spiro atoms. The lowest BCUT2D eigenvalue weighted by Gasteiger charge is -2.24. The zero-order valence-corrected chi connectivity index (χ0v) is 16.0. The summed E-state index contributed by atoms with van der Waals surface area (Å²) in [6.07, 6.45) is -6.53. The highest BCUT2D eigenvalue weighted by atomic mass is 19.4. The van der Waals surface area contributed by atoms with E-state index >= 15 is 0 Å². The van der Waals surface area contributed by atoms with Crippen molar-refractivity contribution >= 4 is 17.3 Å². The molecule has 2 aromatic rings. The standard InChI is InChI=1S/C19H18F6N6/c20-18(21,22)13-2-1-7-28-17(13)31-8-5-12(14(26)6-9-31)16(27)30-11-3-4-15(29-10-11)19(23,24)25/h1-4,7,10H,5-6,8-9,26H2,(H2,27,30). The molecule has 0 fully saturated rings. The fourth-order valence-electron chi connectivity index (χ4n) is 3.13. The molecule has 0 radical (unpaired) electrons. The summed E-state index contributed by atoms with van der Waals surface area (Å²) in [6.45, 7) is 0.335. The number of alkyl halides is 6. The maximum Gasteiger partial charge on any atom is 0.433 e. The van der Waals surface area contributed by atoms with Gasteiger partial charge in [-0.3, -0.25) is 0 Å². The van der Waals surface area contributed by atoms with E-state index in [1.807, 2.05) is 0 Å². The van der Waals surface area contributed by atoms with Crippen LogP contribution < -0.4 is 16.4 Å². The summed E-state index contributed by atoms with van der Waals surface area (Å²) in [5.74, 6) is -0.232. The van der Waals surface area contributed by atoms with Gasteiger partial charge in [-0.05, 0) is 30.7 Å². The Morgan fingerprint density at radius 2 is 1.68 bits per heavy atom. The van der Waals surface area contributed by atoms with Crippen LogP contribution in [-0.2, 0) is 12.4 Å². The molecule has 1 aliphatic rings. The van der Waals surface area contributed by atoms with Crippen molar-refractivity contribution < 1.29 is 26.3 Å². The van der Waals surface area contributed by atoms with Gasteiger partial charge < -0.3 is 16.4 Å². The first-order valence-electron chi connectivity index (χ1n) is 9.09. The molecule has 2 aromatic heterocycles. The van der Waals surface area contributed by atoms with E-state index in [1.165, 1.54) is 17.2 Å². The van der Waals surface area contributed by atoms with Gasteiger partial charge in [0.15, 0.2) is 0 Å². The maximum atomic E-state index is 13.3. The highest BCUT2D eigenvalue weighted by Crippen LogP contribution is 2.36. The number of rotatable bonds is 3. The van der Waals surface area contributed by atoms with Gasteiger partial charge in [0.1, 0.15) is 17.3 Å². The highest BCUT2D eigenvalue weighted by Gasteiger charge is 2.36. The van der Waals surface area contributed by atoms with Crippen molar-refractivity contribution in [2.75, 3.05) is 18.0 Å². The quantitative estimate of drug-likeness (QED) is 0.424. The molecule has 0 aromatic carbocycles. The number of aromatic nitrogens is 2. The molecule has 3 rings (SSSR count). The zero-order valence-electron chi connectivity index (χ0n) is 16.0. The van der Waals surface area contributed by atoms with Crippen LogP contribution in [0.1, 0.15) is 24.1 Å². The fourth-order valence-corrected chi connectivity index (χ4v) is 3.13. The minimum atomic E-state index is -4.58. The monoisotopic (exact) mass is 444 g/mol. The fraction of sp³-hybridized carbons (Fsp3) is 0.316. The Kier molecular flexibility index (Phi) is 6.09. The lowest BCUT2D eigenvalue weighted by Crippen LogP contribution is -2.28. The summed E-state index contributed by atoms with van der Waals surface area (Å²) in [7, 11) is 0. The number of nitrogens with zero attached hydrogens (tertiary/aromatic N) is 4. The van der Waals surface area contributed by atoms with Gasteiger partial charge in [0, 0.05) is 37.0 Å². The van der Waals surface area contributed by atoms with Crippen molar-refractivity contribution in [3.05, 3.63) is 59.2 Å². The van der Waals surface area contributed by atoms with Crippen molar-refractivity contribution in [1.29, 1.82) is 0 Å². The Morgan fingerprint density at radius 1 is 0.968 bits per heavy atom. The van der Waals surface area contributed by atoms with Gasteiger partial charge in [0.2, 0.25) is 0 Å². The molecule has 4 N–H and O–H groups in total. The van der Waals surface area contributed by atoms with Crippen LogP contribution in [-0.4, -0.2) is 28.9 Å². The predicted molar refractivity (Wildman–Crippen MR) is 102 cm³/mol. The van der Waals surface area contributed by atoms with Gasteiger partial charge >= 0.3 is 12.4 Å². The van der Waals surface area contributed by atoms with E-state index in [9.17, 15) is 26.3 Å². The highest BCUT2D eigenvalue weighted by molar-refractivity contribution is 5.99. The molecule has 1 aliphatic heterocycles. The SMILES string of the molecule is NC(=Nc1ccc(C(F)(F)F)nc1)C1=C(N)CCN(c2ncccc2C(F)(F)F)CC1. The van der Waals surface area contributed by atoms with Gasteiger partial charge in [0.05, 0.1) is 17.4 Å². The summed E-state index contributed by atoms with van der Waals surface area (Å²) in [6, 6.07) is 4.06. The normalized spacial score (nSPS) is 16.5. The molecule has 12 heteroatoms. The van der Waals surface area contributed by atoms with E-state index in [0.717, 1.165) is 24.4 Å². The van der Waals surface area contributed by atoms with Gasteiger partial charge in [-0.25, -0.2) is 15.0 Å². The number of anilines is 1. The average Bonchev–Trinajstić information content (AvgIpc) is 2.89. The summed E-state index contributed by atoms with van der Waals surface area (Å²) in [4.78, 5) is 12.7. The third-order valence-corrected chi connectivity index (χ3v) is 4.66. The van der Waals surface area contributed by atoms with E-state index < -0.39 is 23.6 Å². The second kappa shape index (κ2) is 8.44. The van der Waals surface area contributed by atoms with Gasteiger partial charge in [-0.15, -0.1) is 0 Å². The smallest absolute Gasteiger partial charge is 0.402 e. The first-order chi connectivity index (χ1) is 14.5. The van der Waals surface area contributed by atoms with Crippen molar-refractivity contribution in [1.82, 2.24) is 9.97 Å². The number of halogens is 6. The van der Waals surface area contributed by atoms with E-state index in [-0.39, 0.29) is 43.3 Å². The van der Waals surface area contributed by atoms with Crippen LogP contribution in [0.25, 0.3) is 0 Å². The molecule has 0 bridgehead atoms. The van der Waals surface area contributed by atoms with Crippen molar-refractivity contribution in [2.45, 2.75) is 25.2 Å². The number of nitrogens with two attached hydrogens (primary N) is 2. The molecule has 166 valence electrons. The van der Waals surface area contributed by atoms with Crippen LogP contribution in [0.15, 0.2) is 52.9 Å². The van der Waals surface area contributed by atoms with Gasteiger partial charge in [0.25, 0.3) is 0 Å². The first kappa shape index (κ1) is 22.4. The van der Waals surface area contributed by atoms with Crippen LogP contribution >= 0.6 is 0 Å². The Balaban J connectivity index is 1.80. The molecule has 0 unspecified atom stereocenters. The van der Waals surface area contributed by atoms with Crippen molar-refractivity contribution in [3.8, 4) is 0 Å². The number of hydrogen-bond donors (Lipinski definition) is 2. The molecule has 0 atom stereocenters. The number of aliphatic imine (C=N–C) groups is 1. The molecule has 0 saturated carbocycles. The predicted octanol–water partition coefficient (Wildman–Crippen LogP) is 4.02. The number of pyridine rings is 2. The lowest BCUT2D eigenvalue weighted by molar-refractivity contribution is -0.141. The summed E-state index contributed by atoms with van der Waals surface area (Å²) in [5.41, 5.74) is 11.0. The second-order valence-corrected chi connectivity index (χ2v) is 6.76. The third kappa shape index (κ3) is 5.25. The summed E-state index contributed by atoms with van der Waals surface area (Å²) >= 11 is 0.